The third-order valence-corrected chi connectivity index (χ3v) is 4.29. The molecule has 0 aliphatic heterocycles. The maximum absolute atomic E-state index is 13.6. The number of carbonyl (C=O) groups excluding carboxylic acids is 1. The molecule has 140 valence electrons. The highest BCUT2D eigenvalue weighted by molar-refractivity contribution is 6.59. The molecule has 0 spiro atoms. The van der Waals surface area contributed by atoms with Gasteiger partial charge in [-0.3, -0.25) is 4.79 Å². The molecule has 2 N–H and O–H groups in total. The first-order valence-corrected chi connectivity index (χ1v) is 8.61. The lowest BCUT2D eigenvalue weighted by Gasteiger charge is -2.09. The molecule has 0 aliphatic rings. The number of allylic oxidation sites excluding steroid dienone is 1. The SMILES string of the molecule is COc1ccc(/C=C/C(=O)c2ccccc2-c2cccc(F)c2)cc1B(O)O. The van der Waals surface area contributed by atoms with Gasteiger partial charge in [-0.15, -0.1) is 0 Å². The number of hydrogen-bond donors (Lipinski definition) is 2. The first-order valence-electron chi connectivity index (χ1n) is 8.61. The van der Waals surface area contributed by atoms with Gasteiger partial charge in [0.05, 0.1) is 7.11 Å². The van der Waals surface area contributed by atoms with Crippen molar-refractivity contribution in [3.63, 3.8) is 0 Å². The predicted octanol–water partition coefficient (Wildman–Crippen LogP) is 3.08. The minimum atomic E-state index is -1.69. The van der Waals surface area contributed by atoms with Crippen molar-refractivity contribution in [3.05, 3.63) is 89.8 Å². The molecule has 0 bridgehead atoms. The highest BCUT2D eigenvalue weighted by Gasteiger charge is 2.17. The Morgan fingerprint density at radius 3 is 2.54 bits per heavy atom. The minimum Gasteiger partial charge on any atom is -0.497 e. The van der Waals surface area contributed by atoms with E-state index < -0.39 is 7.12 Å². The Hall–Kier alpha value is -3.22. The van der Waals surface area contributed by atoms with Gasteiger partial charge in [-0.1, -0.05) is 54.6 Å². The van der Waals surface area contributed by atoms with Gasteiger partial charge in [-0.25, -0.2) is 4.39 Å². The van der Waals surface area contributed by atoms with E-state index in [9.17, 15) is 19.2 Å². The van der Waals surface area contributed by atoms with Gasteiger partial charge in [0.2, 0.25) is 0 Å². The van der Waals surface area contributed by atoms with E-state index in [1.54, 1.807) is 54.6 Å². The van der Waals surface area contributed by atoms with E-state index in [1.165, 1.54) is 31.4 Å². The van der Waals surface area contributed by atoms with E-state index in [0.29, 0.717) is 28.0 Å². The summed E-state index contributed by atoms with van der Waals surface area (Å²) >= 11 is 0. The van der Waals surface area contributed by atoms with E-state index >= 15 is 0 Å². The summed E-state index contributed by atoms with van der Waals surface area (Å²) in [5.41, 5.74) is 2.52. The van der Waals surface area contributed by atoms with E-state index in [4.69, 9.17) is 4.74 Å². The first kappa shape index (κ1) is 19.5. The molecule has 0 aromatic heterocycles. The highest BCUT2D eigenvalue weighted by Crippen LogP contribution is 2.25. The molecule has 0 fully saturated rings. The molecule has 0 saturated carbocycles. The van der Waals surface area contributed by atoms with Gasteiger partial charge in [0.1, 0.15) is 11.6 Å². The Morgan fingerprint density at radius 2 is 1.82 bits per heavy atom. The van der Waals surface area contributed by atoms with E-state index in [2.05, 4.69) is 0 Å². The number of hydrogen-bond acceptors (Lipinski definition) is 4. The molecule has 0 heterocycles. The van der Waals surface area contributed by atoms with Gasteiger partial charge in [-0.2, -0.15) is 0 Å². The van der Waals surface area contributed by atoms with Crippen molar-refractivity contribution in [1.82, 2.24) is 0 Å². The van der Waals surface area contributed by atoms with Crippen molar-refractivity contribution in [1.29, 1.82) is 0 Å². The predicted molar refractivity (Wildman–Crippen MR) is 108 cm³/mol. The number of benzene rings is 3. The quantitative estimate of drug-likeness (QED) is 0.394. The van der Waals surface area contributed by atoms with Crippen LogP contribution in [-0.4, -0.2) is 30.1 Å². The van der Waals surface area contributed by atoms with Crippen LogP contribution in [0.15, 0.2) is 72.8 Å². The molecule has 0 unspecified atom stereocenters. The number of rotatable bonds is 6. The Kier molecular flexibility index (Phi) is 6.04. The van der Waals surface area contributed by atoms with Gasteiger partial charge in [0.25, 0.3) is 0 Å². The molecule has 3 rings (SSSR count). The van der Waals surface area contributed by atoms with Crippen molar-refractivity contribution >= 4 is 24.4 Å². The van der Waals surface area contributed by atoms with Crippen LogP contribution in [-0.2, 0) is 0 Å². The number of methoxy groups -OCH3 is 1. The van der Waals surface area contributed by atoms with Gasteiger partial charge in [0.15, 0.2) is 5.78 Å². The van der Waals surface area contributed by atoms with Crippen LogP contribution in [0.1, 0.15) is 15.9 Å². The van der Waals surface area contributed by atoms with Gasteiger partial charge < -0.3 is 14.8 Å². The molecular weight excluding hydrogens is 358 g/mol. The van der Waals surface area contributed by atoms with Crippen molar-refractivity contribution < 1.29 is 24.0 Å². The number of ketones is 1. The topological polar surface area (TPSA) is 66.8 Å². The molecule has 0 aliphatic carbocycles. The summed E-state index contributed by atoms with van der Waals surface area (Å²) in [7, 11) is -0.253. The monoisotopic (exact) mass is 376 g/mol. The maximum atomic E-state index is 13.6. The lowest BCUT2D eigenvalue weighted by atomic mass is 9.78. The minimum absolute atomic E-state index is 0.206. The second kappa shape index (κ2) is 8.65. The van der Waals surface area contributed by atoms with Crippen LogP contribution in [0.3, 0.4) is 0 Å². The zero-order chi connectivity index (χ0) is 20.1. The van der Waals surface area contributed by atoms with Crippen LogP contribution in [0.4, 0.5) is 4.39 Å². The largest absolute Gasteiger partial charge is 0.497 e. The van der Waals surface area contributed by atoms with Crippen LogP contribution in [0.5, 0.6) is 5.75 Å². The zero-order valence-corrected chi connectivity index (χ0v) is 15.2. The van der Waals surface area contributed by atoms with Crippen molar-refractivity contribution in [2.45, 2.75) is 0 Å². The van der Waals surface area contributed by atoms with Crippen LogP contribution in [0.2, 0.25) is 0 Å². The fraction of sp³-hybridized carbons (Fsp3) is 0.0455. The third kappa shape index (κ3) is 4.36. The summed E-state index contributed by atoms with van der Waals surface area (Å²) in [6.07, 6.45) is 2.98. The molecule has 0 saturated heterocycles. The normalized spacial score (nSPS) is 10.9. The fourth-order valence-electron chi connectivity index (χ4n) is 2.93. The zero-order valence-electron chi connectivity index (χ0n) is 15.2. The van der Waals surface area contributed by atoms with E-state index in [1.807, 2.05) is 0 Å². The first-order chi connectivity index (χ1) is 13.5. The number of carbonyl (C=O) groups is 1. The molecule has 4 nitrogen and oxygen atoms in total. The van der Waals surface area contributed by atoms with E-state index in [-0.39, 0.29) is 17.1 Å². The highest BCUT2D eigenvalue weighted by atomic mass is 19.1. The molecule has 0 atom stereocenters. The van der Waals surface area contributed by atoms with Crippen LogP contribution >= 0.6 is 0 Å². The molecule has 0 amide bonds. The number of ether oxygens (including phenoxy) is 1. The number of halogens is 1. The maximum Gasteiger partial charge on any atom is 0.492 e. The van der Waals surface area contributed by atoms with Crippen molar-refractivity contribution in [2.24, 2.45) is 0 Å². The molecule has 0 radical (unpaired) electrons. The average molecular weight is 376 g/mol. The van der Waals surface area contributed by atoms with Crippen LogP contribution < -0.4 is 10.2 Å². The van der Waals surface area contributed by atoms with E-state index in [0.717, 1.165) is 0 Å². The summed E-state index contributed by atoms with van der Waals surface area (Å²) in [5, 5.41) is 18.9. The second-order valence-electron chi connectivity index (χ2n) is 6.13. The Labute approximate surface area is 162 Å². The lowest BCUT2D eigenvalue weighted by molar-refractivity contribution is 0.104. The Morgan fingerprint density at radius 1 is 1.04 bits per heavy atom. The summed E-state index contributed by atoms with van der Waals surface area (Å²) in [5.74, 6) is -0.277. The molecule has 28 heavy (non-hydrogen) atoms. The summed E-state index contributed by atoms with van der Waals surface area (Å²) in [4.78, 5) is 12.7. The van der Waals surface area contributed by atoms with Crippen LogP contribution in [0.25, 0.3) is 17.2 Å². The molecule has 6 heteroatoms. The van der Waals surface area contributed by atoms with Gasteiger partial charge in [-0.05, 0) is 41.0 Å². The van der Waals surface area contributed by atoms with Crippen LogP contribution in [0, 0.1) is 5.82 Å². The van der Waals surface area contributed by atoms with Crippen molar-refractivity contribution in [3.8, 4) is 16.9 Å². The average Bonchev–Trinajstić information content (AvgIpc) is 2.71. The lowest BCUT2D eigenvalue weighted by Crippen LogP contribution is -2.31. The summed E-state index contributed by atoms with van der Waals surface area (Å²) in [6, 6.07) is 17.9. The third-order valence-electron chi connectivity index (χ3n) is 4.29. The molecular formula is C22H18BFO4. The fourth-order valence-corrected chi connectivity index (χ4v) is 2.93. The van der Waals surface area contributed by atoms with Gasteiger partial charge in [0, 0.05) is 11.0 Å². The summed E-state index contributed by atoms with van der Waals surface area (Å²) < 4.78 is 18.7. The Bertz CT molecular complexity index is 1030. The second-order valence-corrected chi connectivity index (χ2v) is 6.13. The molecule has 3 aromatic carbocycles. The Balaban J connectivity index is 1.91. The molecule has 3 aromatic rings. The summed E-state index contributed by atoms with van der Waals surface area (Å²) in [6.45, 7) is 0. The van der Waals surface area contributed by atoms with Gasteiger partial charge >= 0.3 is 7.12 Å². The smallest absolute Gasteiger partial charge is 0.492 e. The van der Waals surface area contributed by atoms with Crippen molar-refractivity contribution in [2.75, 3.05) is 7.11 Å². The standard InChI is InChI=1S/C22H18BFO4/c1-28-22-12-10-15(13-20(22)23(26)27)9-11-21(25)19-8-3-2-7-18(19)16-5-4-6-17(24)14-16/h2-14,26-27H,1H3/b11-9+.